The number of hydrogen-bond donors (Lipinski definition) is 0. The minimum absolute atomic E-state index is 0.527. The Morgan fingerprint density at radius 1 is 1.29 bits per heavy atom. The van der Waals surface area contributed by atoms with Crippen molar-refractivity contribution in [1.82, 2.24) is 0 Å². The third-order valence-electron chi connectivity index (χ3n) is 1.96. The average molecular weight is 194 g/mol. The van der Waals surface area contributed by atoms with Crippen LogP contribution < -0.4 is 9.47 Å². The van der Waals surface area contributed by atoms with Gasteiger partial charge >= 0.3 is 0 Å². The fourth-order valence-electron chi connectivity index (χ4n) is 1.22. The predicted molar refractivity (Wildman–Crippen MR) is 58.1 cm³/mol. The fraction of sp³-hybridized carbons (Fsp3) is 0.500. The van der Waals surface area contributed by atoms with Crippen LogP contribution in [-0.2, 0) is 0 Å². The van der Waals surface area contributed by atoms with Crippen LogP contribution in [0.1, 0.15) is 19.4 Å². The molecule has 0 atom stereocenters. The summed E-state index contributed by atoms with van der Waals surface area (Å²) in [4.78, 5) is 0. The van der Waals surface area contributed by atoms with Crippen molar-refractivity contribution in [2.24, 2.45) is 5.92 Å². The maximum atomic E-state index is 5.70. The summed E-state index contributed by atoms with van der Waals surface area (Å²) in [5.74, 6) is 2.20. The van der Waals surface area contributed by atoms with Gasteiger partial charge in [-0.15, -0.1) is 0 Å². The molecule has 0 amide bonds. The summed E-state index contributed by atoms with van der Waals surface area (Å²) in [5.41, 5.74) is 1.12. The molecule has 0 radical (unpaired) electrons. The molecule has 78 valence electrons. The summed E-state index contributed by atoms with van der Waals surface area (Å²) in [5, 5.41) is 0. The van der Waals surface area contributed by atoms with Gasteiger partial charge in [0.25, 0.3) is 0 Å². The fourth-order valence-corrected chi connectivity index (χ4v) is 1.22. The van der Waals surface area contributed by atoms with Crippen LogP contribution in [0, 0.1) is 12.8 Å². The van der Waals surface area contributed by atoms with E-state index in [9.17, 15) is 0 Å². The van der Waals surface area contributed by atoms with Crippen molar-refractivity contribution in [1.29, 1.82) is 0 Å². The van der Waals surface area contributed by atoms with E-state index in [1.54, 1.807) is 7.11 Å². The number of para-hydroxylation sites is 1. The van der Waals surface area contributed by atoms with Gasteiger partial charge in [0.15, 0.2) is 11.5 Å². The molecule has 0 aliphatic carbocycles. The number of ether oxygens (including phenoxy) is 2. The molecular weight excluding hydrogens is 176 g/mol. The number of hydrogen-bond acceptors (Lipinski definition) is 2. The second-order valence-corrected chi connectivity index (χ2v) is 3.81. The number of aryl methyl sites for hydroxylation is 1. The lowest BCUT2D eigenvalue weighted by molar-refractivity contribution is 0.255. The van der Waals surface area contributed by atoms with Gasteiger partial charge in [-0.05, 0) is 24.5 Å². The number of methoxy groups -OCH3 is 1. The summed E-state index contributed by atoms with van der Waals surface area (Å²) < 4.78 is 10.9. The van der Waals surface area contributed by atoms with E-state index >= 15 is 0 Å². The molecule has 1 aromatic rings. The summed E-state index contributed by atoms with van der Waals surface area (Å²) in [7, 11) is 1.66. The summed E-state index contributed by atoms with van der Waals surface area (Å²) >= 11 is 0. The highest BCUT2D eigenvalue weighted by atomic mass is 16.5. The minimum atomic E-state index is 0.527. The molecular formula is C12H18O2. The lowest BCUT2D eigenvalue weighted by atomic mass is 10.2. The molecule has 1 aromatic carbocycles. The Labute approximate surface area is 85.8 Å². The van der Waals surface area contributed by atoms with Gasteiger partial charge in [-0.2, -0.15) is 0 Å². The molecule has 0 saturated heterocycles. The normalized spacial score (nSPS) is 10.4. The first-order valence-electron chi connectivity index (χ1n) is 4.91. The van der Waals surface area contributed by atoms with Crippen LogP contribution >= 0.6 is 0 Å². The number of rotatable bonds is 4. The van der Waals surface area contributed by atoms with Gasteiger partial charge in [-0.1, -0.05) is 26.0 Å². The second kappa shape index (κ2) is 4.89. The van der Waals surface area contributed by atoms with E-state index in [0.29, 0.717) is 5.92 Å². The Morgan fingerprint density at radius 3 is 2.57 bits per heavy atom. The van der Waals surface area contributed by atoms with Gasteiger partial charge in [0.2, 0.25) is 0 Å². The summed E-state index contributed by atoms with van der Waals surface area (Å²) in [6.45, 7) is 7.01. The molecule has 0 fully saturated rings. The Balaban J connectivity index is 2.82. The maximum absolute atomic E-state index is 5.70. The largest absolute Gasteiger partial charge is 0.493 e. The second-order valence-electron chi connectivity index (χ2n) is 3.81. The van der Waals surface area contributed by atoms with E-state index in [1.165, 1.54) is 0 Å². The van der Waals surface area contributed by atoms with Crippen LogP contribution in [0.3, 0.4) is 0 Å². The van der Waals surface area contributed by atoms with Gasteiger partial charge in [0.1, 0.15) is 0 Å². The van der Waals surface area contributed by atoms with Crippen LogP contribution in [0.2, 0.25) is 0 Å². The third-order valence-corrected chi connectivity index (χ3v) is 1.96. The van der Waals surface area contributed by atoms with Crippen LogP contribution in [0.15, 0.2) is 18.2 Å². The molecule has 0 unspecified atom stereocenters. The highest BCUT2D eigenvalue weighted by molar-refractivity contribution is 5.45. The van der Waals surface area contributed by atoms with E-state index < -0.39 is 0 Å². The standard InChI is InChI=1S/C12H18O2/c1-9(2)8-14-12-10(3)6-5-7-11(12)13-4/h5-7,9H,8H2,1-4H3. The maximum Gasteiger partial charge on any atom is 0.164 e. The SMILES string of the molecule is COc1cccc(C)c1OCC(C)C. The van der Waals surface area contributed by atoms with E-state index in [1.807, 2.05) is 25.1 Å². The average Bonchev–Trinajstić information content (AvgIpc) is 2.15. The minimum Gasteiger partial charge on any atom is -0.493 e. The van der Waals surface area contributed by atoms with Crippen molar-refractivity contribution < 1.29 is 9.47 Å². The lowest BCUT2D eigenvalue weighted by Crippen LogP contribution is -2.06. The van der Waals surface area contributed by atoms with Crippen molar-refractivity contribution in [3.05, 3.63) is 23.8 Å². The van der Waals surface area contributed by atoms with Crippen molar-refractivity contribution in [2.75, 3.05) is 13.7 Å². The molecule has 0 heterocycles. The molecule has 0 aliphatic rings. The Hall–Kier alpha value is -1.18. The first kappa shape index (κ1) is 10.9. The zero-order valence-electron chi connectivity index (χ0n) is 9.33. The van der Waals surface area contributed by atoms with E-state index in [0.717, 1.165) is 23.7 Å². The van der Waals surface area contributed by atoms with Gasteiger partial charge in [-0.25, -0.2) is 0 Å². The smallest absolute Gasteiger partial charge is 0.164 e. The Bertz CT molecular complexity index is 292. The molecule has 0 saturated carbocycles. The van der Waals surface area contributed by atoms with Crippen molar-refractivity contribution >= 4 is 0 Å². The van der Waals surface area contributed by atoms with E-state index in [-0.39, 0.29) is 0 Å². The lowest BCUT2D eigenvalue weighted by Gasteiger charge is -2.14. The van der Waals surface area contributed by atoms with Crippen LogP contribution in [-0.4, -0.2) is 13.7 Å². The van der Waals surface area contributed by atoms with Crippen LogP contribution in [0.4, 0.5) is 0 Å². The topological polar surface area (TPSA) is 18.5 Å². The van der Waals surface area contributed by atoms with Gasteiger partial charge in [0.05, 0.1) is 13.7 Å². The highest BCUT2D eigenvalue weighted by Crippen LogP contribution is 2.30. The Morgan fingerprint density at radius 2 is 2.00 bits per heavy atom. The zero-order valence-corrected chi connectivity index (χ0v) is 9.33. The summed E-state index contributed by atoms with van der Waals surface area (Å²) in [6, 6.07) is 5.91. The number of benzene rings is 1. The van der Waals surface area contributed by atoms with Crippen molar-refractivity contribution in [2.45, 2.75) is 20.8 Å². The third kappa shape index (κ3) is 2.66. The van der Waals surface area contributed by atoms with Gasteiger partial charge in [-0.3, -0.25) is 0 Å². The molecule has 0 N–H and O–H groups in total. The molecule has 2 heteroatoms. The first-order valence-corrected chi connectivity index (χ1v) is 4.91. The van der Waals surface area contributed by atoms with Crippen molar-refractivity contribution in [3.63, 3.8) is 0 Å². The van der Waals surface area contributed by atoms with Gasteiger partial charge < -0.3 is 9.47 Å². The predicted octanol–water partition coefficient (Wildman–Crippen LogP) is 3.04. The molecule has 0 aliphatic heterocycles. The van der Waals surface area contributed by atoms with E-state index in [2.05, 4.69) is 13.8 Å². The van der Waals surface area contributed by atoms with Crippen LogP contribution in [0.25, 0.3) is 0 Å². The quantitative estimate of drug-likeness (QED) is 0.733. The van der Waals surface area contributed by atoms with Crippen LogP contribution in [0.5, 0.6) is 11.5 Å². The molecule has 2 nitrogen and oxygen atoms in total. The van der Waals surface area contributed by atoms with E-state index in [4.69, 9.17) is 9.47 Å². The first-order chi connectivity index (χ1) is 6.65. The molecule has 0 bridgehead atoms. The van der Waals surface area contributed by atoms with Crippen molar-refractivity contribution in [3.8, 4) is 11.5 Å². The molecule has 14 heavy (non-hydrogen) atoms. The molecule has 0 aromatic heterocycles. The highest BCUT2D eigenvalue weighted by Gasteiger charge is 2.07. The molecule has 1 rings (SSSR count). The zero-order chi connectivity index (χ0) is 10.6. The monoisotopic (exact) mass is 194 g/mol. The summed E-state index contributed by atoms with van der Waals surface area (Å²) in [6.07, 6.45) is 0. The Kier molecular flexibility index (Phi) is 3.81. The molecule has 0 spiro atoms. The van der Waals surface area contributed by atoms with Gasteiger partial charge in [0, 0.05) is 0 Å².